The van der Waals surface area contributed by atoms with Crippen LogP contribution in [0.15, 0.2) is 24.3 Å². The number of amides is 1. The van der Waals surface area contributed by atoms with Gasteiger partial charge in [-0.15, -0.1) is 0 Å². The summed E-state index contributed by atoms with van der Waals surface area (Å²) in [5.41, 5.74) is 1.46. The van der Waals surface area contributed by atoms with E-state index < -0.39 is 0 Å². The average Bonchev–Trinajstić information content (AvgIpc) is 2.49. The third kappa shape index (κ3) is 4.83. The number of methoxy groups -OCH3 is 1. The summed E-state index contributed by atoms with van der Waals surface area (Å²) in [6.45, 7) is 4.08. The lowest BCUT2D eigenvalue weighted by molar-refractivity contribution is 0.0657. The molecule has 0 saturated carbocycles. The standard InChI is InChI=1S/C15H24N2O3/c1-3-8-16-14-7-5-4-6-13(14)15(19)17(9-11-18)10-12-20-2/h4-7,16,18H,3,8-12H2,1-2H3. The van der Waals surface area contributed by atoms with Gasteiger partial charge >= 0.3 is 0 Å². The van der Waals surface area contributed by atoms with E-state index in [0.717, 1.165) is 18.7 Å². The summed E-state index contributed by atoms with van der Waals surface area (Å²) in [7, 11) is 1.60. The number of carbonyl (C=O) groups excluding carboxylic acids is 1. The molecule has 0 bridgehead atoms. The molecule has 0 unspecified atom stereocenters. The van der Waals surface area contributed by atoms with Crippen molar-refractivity contribution in [2.24, 2.45) is 0 Å². The second-order valence-electron chi connectivity index (χ2n) is 4.48. The van der Waals surface area contributed by atoms with Crippen molar-refractivity contribution in [2.75, 3.05) is 45.3 Å². The average molecular weight is 280 g/mol. The zero-order chi connectivity index (χ0) is 14.8. The van der Waals surface area contributed by atoms with Crippen LogP contribution in [-0.4, -0.2) is 55.9 Å². The maximum Gasteiger partial charge on any atom is 0.256 e. The van der Waals surface area contributed by atoms with Crippen molar-refractivity contribution in [3.05, 3.63) is 29.8 Å². The number of nitrogens with zero attached hydrogens (tertiary/aromatic N) is 1. The van der Waals surface area contributed by atoms with Gasteiger partial charge in [-0.25, -0.2) is 0 Å². The van der Waals surface area contributed by atoms with E-state index in [4.69, 9.17) is 9.84 Å². The molecule has 0 aliphatic heterocycles. The van der Waals surface area contributed by atoms with E-state index in [-0.39, 0.29) is 12.5 Å². The van der Waals surface area contributed by atoms with Crippen molar-refractivity contribution in [3.8, 4) is 0 Å². The molecule has 5 heteroatoms. The minimum Gasteiger partial charge on any atom is -0.395 e. The molecule has 1 aromatic rings. The summed E-state index contributed by atoms with van der Waals surface area (Å²) in [5.74, 6) is -0.0877. The Morgan fingerprint density at radius 3 is 2.75 bits per heavy atom. The van der Waals surface area contributed by atoms with Gasteiger partial charge in [-0.2, -0.15) is 0 Å². The van der Waals surface area contributed by atoms with Gasteiger partial charge in [0.05, 0.1) is 18.8 Å². The van der Waals surface area contributed by atoms with Crippen LogP contribution in [0.2, 0.25) is 0 Å². The van der Waals surface area contributed by atoms with Gasteiger partial charge in [0.1, 0.15) is 0 Å². The highest BCUT2D eigenvalue weighted by molar-refractivity contribution is 5.99. The second-order valence-corrected chi connectivity index (χ2v) is 4.48. The van der Waals surface area contributed by atoms with Crippen LogP contribution in [0, 0.1) is 0 Å². The quantitative estimate of drug-likeness (QED) is 0.721. The summed E-state index contributed by atoms with van der Waals surface area (Å²) >= 11 is 0. The predicted molar refractivity (Wildman–Crippen MR) is 80.1 cm³/mol. The third-order valence-corrected chi connectivity index (χ3v) is 2.95. The molecule has 112 valence electrons. The first-order valence-electron chi connectivity index (χ1n) is 6.96. The summed E-state index contributed by atoms with van der Waals surface area (Å²) < 4.78 is 5.01. The minimum atomic E-state index is -0.0877. The first-order chi connectivity index (χ1) is 9.74. The van der Waals surface area contributed by atoms with E-state index in [1.165, 1.54) is 0 Å². The fraction of sp³-hybridized carbons (Fsp3) is 0.533. The highest BCUT2D eigenvalue weighted by Crippen LogP contribution is 2.17. The van der Waals surface area contributed by atoms with Gasteiger partial charge in [-0.3, -0.25) is 4.79 Å². The lowest BCUT2D eigenvalue weighted by Gasteiger charge is -2.23. The molecule has 20 heavy (non-hydrogen) atoms. The fourth-order valence-electron chi connectivity index (χ4n) is 1.89. The maximum absolute atomic E-state index is 12.5. The molecule has 2 N–H and O–H groups in total. The summed E-state index contributed by atoms with van der Waals surface area (Å²) in [6, 6.07) is 7.45. The van der Waals surface area contributed by atoms with Gasteiger partial charge in [0, 0.05) is 32.4 Å². The van der Waals surface area contributed by atoms with Crippen LogP contribution in [-0.2, 0) is 4.74 Å². The van der Waals surface area contributed by atoms with E-state index in [1.54, 1.807) is 18.1 Å². The van der Waals surface area contributed by atoms with Crippen molar-refractivity contribution < 1.29 is 14.6 Å². The Morgan fingerprint density at radius 2 is 2.10 bits per heavy atom. The molecule has 1 rings (SSSR count). The number of hydrogen-bond donors (Lipinski definition) is 2. The smallest absolute Gasteiger partial charge is 0.256 e. The number of para-hydroxylation sites is 1. The molecular formula is C15H24N2O3. The van der Waals surface area contributed by atoms with E-state index in [0.29, 0.717) is 25.3 Å². The fourth-order valence-corrected chi connectivity index (χ4v) is 1.89. The van der Waals surface area contributed by atoms with Gasteiger partial charge in [0.2, 0.25) is 0 Å². The number of ether oxygens (including phenoxy) is 1. The second kappa shape index (κ2) is 9.34. The van der Waals surface area contributed by atoms with Crippen LogP contribution in [0.3, 0.4) is 0 Å². The SMILES string of the molecule is CCCNc1ccccc1C(=O)N(CCO)CCOC. The van der Waals surface area contributed by atoms with Gasteiger partial charge < -0.3 is 20.1 Å². The molecule has 0 spiro atoms. The van der Waals surface area contributed by atoms with E-state index in [9.17, 15) is 4.79 Å². The number of rotatable bonds is 9. The van der Waals surface area contributed by atoms with Gasteiger partial charge in [-0.1, -0.05) is 19.1 Å². The zero-order valence-electron chi connectivity index (χ0n) is 12.3. The lowest BCUT2D eigenvalue weighted by atomic mass is 10.1. The number of anilines is 1. The minimum absolute atomic E-state index is 0.0555. The number of aliphatic hydroxyl groups excluding tert-OH is 1. The van der Waals surface area contributed by atoms with Crippen LogP contribution in [0.25, 0.3) is 0 Å². The Bertz CT molecular complexity index is 410. The van der Waals surface area contributed by atoms with Crippen LogP contribution in [0.4, 0.5) is 5.69 Å². The molecular weight excluding hydrogens is 256 g/mol. The first-order valence-corrected chi connectivity index (χ1v) is 6.96. The van der Waals surface area contributed by atoms with E-state index in [1.807, 2.05) is 18.2 Å². The molecule has 0 heterocycles. The summed E-state index contributed by atoms with van der Waals surface area (Å²) in [4.78, 5) is 14.2. The van der Waals surface area contributed by atoms with Crippen LogP contribution in [0.1, 0.15) is 23.7 Å². The van der Waals surface area contributed by atoms with Crippen LogP contribution in [0.5, 0.6) is 0 Å². The van der Waals surface area contributed by atoms with E-state index >= 15 is 0 Å². The molecule has 0 aromatic heterocycles. The number of aliphatic hydroxyl groups is 1. The predicted octanol–water partition coefficient (Wildman–Crippen LogP) is 1.59. The Morgan fingerprint density at radius 1 is 1.35 bits per heavy atom. The normalized spacial score (nSPS) is 10.3. The molecule has 5 nitrogen and oxygen atoms in total. The third-order valence-electron chi connectivity index (χ3n) is 2.95. The van der Waals surface area contributed by atoms with Crippen molar-refractivity contribution in [3.63, 3.8) is 0 Å². The van der Waals surface area contributed by atoms with Crippen LogP contribution < -0.4 is 5.32 Å². The molecule has 1 amide bonds. The van der Waals surface area contributed by atoms with Gasteiger partial charge in [0.15, 0.2) is 0 Å². The largest absolute Gasteiger partial charge is 0.395 e. The first kappa shape index (κ1) is 16.5. The summed E-state index contributed by atoms with van der Waals surface area (Å²) in [5, 5.41) is 12.3. The highest BCUT2D eigenvalue weighted by atomic mass is 16.5. The van der Waals surface area contributed by atoms with Crippen molar-refractivity contribution in [1.82, 2.24) is 4.90 Å². The van der Waals surface area contributed by atoms with Crippen molar-refractivity contribution in [1.29, 1.82) is 0 Å². The molecule has 0 aliphatic carbocycles. The molecule has 0 aliphatic rings. The van der Waals surface area contributed by atoms with Gasteiger partial charge in [-0.05, 0) is 18.6 Å². The Balaban J connectivity index is 2.86. The Labute approximate surface area is 120 Å². The zero-order valence-corrected chi connectivity index (χ0v) is 12.3. The highest BCUT2D eigenvalue weighted by Gasteiger charge is 2.17. The van der Waals surface area contributed by atoms with Gasteiger partial charge in [0.25, 0.3) is 5.91 Å². The molecule has 0 saturated heterocycles. The number of hydrogen-bond acceptors (Lipinski definition) is 4. The van der Waals surface area contributed by atoms with E-state index in [2.05, 4.69) is 12.2 Å². The Hall–Kier alpha value is -1.59. The maximum atomic E-state index is 12.5. The lowest BCUT2D eigenvalue weighted by Crippen LogP contribution is -2.36. The monoisotopic (exact) mass is 280 g/mol. The number of benzene rings is 1. The van der Waals surface area contributed by atoms with Crippen molar-refractivity contribution in [2.45, 2.75) is 13.3 Å². The topological polar surface area (TPSA) is 61.8 Å². The molecule has 0 fully saturated rings. The Kier molecular flexibility index (Phi) is 7.69. The number of nitrogens with one attached hydrogen (secondary N) is 1. The number of carbonyl (C=O) groups is 1. The van der Waals surface area contributed by atoms with Crippen molar-refractivity contribution >= 4 is 11.6 Å². The van der Waals surface area contributed by atoms with Crippen LogP contribution >= 0.6 is 0 Å². The molecule has 0 atom stereocenters. The molecule has 0 radical (unpaired) electrons. The molecule has 1 aromatic carbocycles. The summed E-state index contributed by atoms with van der Waals surface area (Å²) in [6.07, 6.45) is 0.993.